The van der Waals surface area contributed by atoms with E-state index in [-0.39, 0.29) is 5.41 Å². The van der Waals surface area contributed by atoms with E-state index in [0.717, 1.165) is 11.3 Å². The van der Waals surface area contributed by atoms with Crippen LogP contribution in [-0.4, -0.2) is 10.9 Å². The van der Waals surface area contributed by atoms with E-state index >= 15 is 0 Å². The largest absolute Gasteiger partial charge is 0.376 e. The molecular formula is C14H16OS. The van der Waals surface area contributed by atoms with Crippen LogP contribution in [0, 0.1) is 12.3 Å². The maximum atomic E-state index is 9.62. The average molecular weight is 232 g/mol. The number of terminal acetylenes is 1. The first-order valence-corrected chi connectivity index (χ1v) is 6.44. The van der Waals surface area contributed by atoms with Crippen LogP contribution in [0.4, 0.5) is 0 Å². The molecule has 0 amide bonds. The Labute approximate surface area is 101 Å². The van der Waals surface area contributed by atoms with Crippen LogP contribution < -0.4 is 0 Å². The Morgan fingerprint density at radius 3 is 2.94 bits per heavy atom. The quantitative estimate of drug-likeness (QED) is 0.751. The van der Waals surface area contributed by atoms with Gasteiger partial charge in [0.2, 0.25) is 0 Å². The number of hydrogen-bond acceptors (Lipinski definition) is 2. The van der Waals surface area contributed by atoms with Gasteiger partial charge in [-0.2, -0.15) is 0 Å². The summed E-state index contributed by atoms with van der Waals surface area (Å²) in [5, 5.41) is 9.62. The number of thioether (sulfide) groups is 1. The smallest absolute Gasteiger partial charge is 0.140 e. The molecule has 1 nitrogen and oxygen atoms in total. The van der Waals surface area contributed by atoms with E-state index < -0.39 is 6.10 Å². The molecule has 84 valence electrons. The van der Waals surface area contributed by atoms with E-state index in [9.17, 15) is 5.11 Å². The molecule has 1 aromatic carbocycles. The lowest BCUT2D eigenvalue weighted by atomic mass is 9.81. The number of aliphatic hydroxyl groups is 1. The molecule has 1 N–H and O–H groups in total. The van der Waals surface area contributed by atoms with Crippen LogP contribution in [0.5, 0.6) is 0 Å². The van der Waals surface area contributed by atoms with Gasteiger partial charge in [-0.3, -0.25) is 0 Å². The lowest BCUT2D eigenvalue weighted by Crippen LogP contribution is -2.22. The Hall–Kier alpha value is -0.910. The van der Waals surface area contributed by atoms with Gasteiger partial charge < -0.3 is 5.11 Å². The molecule has 0 radical (unpaired) electrons. The maximum Gasteiger partial charge on any atom is 0.140 e. The minimum absolute atomic E-state index is 0.236. The van der Waals surface area contributed by atoms with Crippen molar-refractivity contribution in [3.63, 3.8) is 0 Å². The summed E-state index contributed by atoms with van der Waals surface area (Å²) in [6.45, 7) is 4.53. The monoisotopic (exact) mass is 232 g/mol. The predicted molar refractivity (Wildman–Crippen MR) is 68.6 cm³/mol. The van der Waals surface area contributed by atoms with E-state index in [4.69, 9.17) is 6.42 Å². The fourth-order valence-electron chi connectivity index (χ4n) is 2.03. The zero-order valence-electron chi connectivity index (χ0n) is 9.66. The molecule has 1 unspecified atom stereocenters. The van der Waals surface area contributed by atoms with Crippen LogP contribution >= 0.6 is 11.8 Å². The molecule has 2 rings (SSSR count). The van der Waals surface area contributed by atoms with E-state index in [1.54, 1.807) is 0 Å². The van der Waals surface area contributed by atoms with Gasteiger partial charge in [0.15, 0.2) is 0 Å². The molecule has 1 aromatic rings. The Balaban J connectivity index is 2.44. The summed E-state index contributed by atoms with van der Waals surface area (Å²) in [5.74, 6) is 3.49. The van der Waals surface area contributed by atoms with Crippen LogP contribution in [0.2, 0.25) is 0 Å². The molecule has 16 heavy (non-hydrogen) atoms. The first-order chi connectivity index (χ1) is 7.54. The van der Waals surface area contributed by atoms with Crippen LogP contribution in [0.25, 0.3) is 0 Å². The van der Waals surface area contributed by atoms with E-state index in [0.29, 0.717) is 0 Å². The summed E-state index contributed by atoms with van der Waals surface area (Å²) >= 11 is 1.85. The van der Waals surface area contributed by atoms with Crippen molar-refractivity contribution < 1.29 is 5.11 Å². The van der Waals surface area contributed by atoms with E-state index in [2.05, 4.69) is 25.8 Å². The third-order valence-electron chi connectivity index (χ3n) is 3.19. The summed E-state index contributed by atoms with van der Waals surface area (Å²) in [5.41, 5.74) is 2.43. The van der Waals surface area contributed by atoms with Gasteiger partial charge in [0.05, 0.1) is 0 Å². The molecule has 0 fully saturated rings. The van der Waals surface area contributed by atoms with Crippen molar-refractivity contribution in [1.29, 1.82) is 0 Å². The highest BCUT2D eigenvalue weighted by Crippen LogP contribution is 2.42. The lowest BCUT2D eigenvalue weighted by Gasteiger charge is -2.32. The third-order valence-corrected chi connectivity index (χ3v) is 4.25. The van der Waals surface area contributed by atoms with E-state index in [1.165, 1.54) is 16.9 Å². The third kappa shape index (κ3) is 1.98. The lowest BCUT2D eigenvalue weighted by molar-refractivity contribution is 0.238. The molecule has 0 aromatic heterocycles. The van der Waals surface area contributed by atoms with Gasteiger partial charge in [0.25, 0.3) is 0 Å². The second kappa shape index (κ2) is 4.16. The zero-order valence-corrected chi connectivity index (χ0v) is 10.5. The number of fused-ring (bicyclic) bond motifs is 1. The number of benzene rings is 1. The standard InChI is InChI=1S/C14H16OS/c1-4-12(15)10-5-6-11-13(9-10)16-8-7-14(11,2)3/h1,5-6,9,12,15H,7-8H2,2-3H3. The molecule has 1 aliphatic heterocycles. The summed E-state index contributed by atoms with van der Waals surface area (Å²) in [6, 6.07) is 6.08. The second-order valence-corrected chi connectivity index (χ2v) is 5.94. The van der Waals surface area contributed by atoms with Crippen LogP contribution in [0.15, 0.2) is 23.1 Å². The first-order valence-electron chi connectivity index (χ1n) is 5.46. The van der Waals surface area contributed by atoms with Crippen LogP contribution in [0.3, 0.4) is 0 Å². The molecule has 0 saturated heterocycles. The molecule has 1 heterocycles. The summed E-state index contributed by atoms with van der Waals surface area (Å²) in [6.07, 6.45) is 5.64. The van der Waals surface area contributed by atoms with Crippen molar-refractivity contribution >= 4 is 11.8 Å². The summed E-state index contributed by atoms with van der Waals surface area (Å²) < 4.78 is 0. The SMILES string of the molecule is C#CC(O)c1ccc2c(c1)SCCC2(C)C. The molecule has 0 aliphatic carbocycles. The minimum Gasteiger partial charge on any atom is -0.376 e. The molecule has 2 heteroatoms. The van der Waals surface area contributed by atoms with Crippen molar-refractivity contribution in [2.75, 3.05) is 5.75 Å². The Bertz CT molecular complexity index is 443. The van der Waals surface area contributed by atoms with E-state index in [1.807, 2.05) is 23.9 Å². The highest BCUT2D eigenvalue weighted by Gasteiger charge is 2.27. The van der Waals surface area contributed by atoms with Crippen molar-refractivity contribution in [2.24, 2.45) is 0 Å². The van der Waals surface area contributed by atoms with Gasteiger partial charge >= 0.3 is 0 Å². The molecule has 0 saturated carbocycles. The Morgan fingerprint density at radius 2 is 2.25 bits per heavy atom. The van der Waals surface area contributed by atoms with Gasteiger partial charge in [-0.15, -0.1) is 18.2 Å². The second-order valence-electron chi connectivity index (χ2n) is 4.81. The van der Waals surface area contributed by atoms with Crippen molar-refractivity contribution in [2.45, 2.75) is 36.7 Å². The molecule has 0 spiro atoms. The first kappa shape index (κ1) is 11.6. The average Bonchev–Trinajstić information content (AvgIpc) is 2.27. The van der Waals surface area contributed by atoms with Crippen molar-refractivity contribution in [1.82, 2.24) is 0 Å². The Kier molecular flexibility index (Phi) is 3.01. The number of aliphatic hydroxyl groups excluding tert-OH is 1. The maximum absolute atomic E-state index is 9.62. The van der Waals surface area contributed by atoms with Crippen molar-refractivity contribution in [3.05, 3.63) is 29.3 Å². The molecule has 1 aliphatic rings. The highest BCUT2D eigenvalue weighted by molar-refractivity contribution is 7.99. The topological polar surface area (TPSA) is 20.2 Å². The number of hydrogen-bond donors (Lipinski definition) is 1. The van der Waals surface area contributed by atoms with Gasteiger partial charge in [0.1, 0.15) is 6.10 Å². The Morgan fingerprint density at radius 1 is 1.50 bits per heavy atom. The number of rotatable bonds is 1. The fraction of sp³-hybridized carbons (Fsp3) is 0.429. The van der Waals surface area contributed by atoms with Gasteiger partial charge in [-0.25, -0.2) is 0 Å². The molecule has 1 atom stereocenters. The minimum atomic E-state index is -0.782. The highest BCUT2D eigenvalue weighted by atomic mass is 32.2. The normalized spacial score (nSPS) is 19.6. The van der Waals surface area contributed by atoms with Gasteiger partial charge in [0, 0.05) is 4.90 Å². The van der Waals surface area contributed by atoms with Gasteiger partial charge in [-0.05, 0) is 34.8 Å². The zero-order chi connectivity index (χ0) is 11.8. The molecule has 0 bridgehead atoms. The fourth-order valence-corrected chi connectivity index (χ4v) is 3.59. The van der Waals surface area contributed by atoms with Gasteiger partial charge in [-0.1, -0.05) is 31.9 Å². The van der Waals surface area contributed by atoms with Crippen LogP contribution in [0.1, 0.15) is 37.5 Å². The summed E-state index contributed by atoms with van der Waals surface area (Å²) in [4.78, 5) is 1.27. The predicted octanol–water partition coefficient (Wildman–Crippen LogP) is 3.13. The summed E-state index contributed by atoms with van der Waals surface area (Å²) in [7, 11) is 0. The van der Waals surface area contributed by atoms with Crippen molar-refractivity contribution in [3.8, 4) is 12.3 Å². The molecular weight excluding hydrogens is 216 g/mol. The van der Waals surface area contributed by atoms with Crippen LogP contribution in [-0.2, 0) is 5.41 Å².